The van der Waals surface area contributed by atoms with Gasteiger partial charge in [0.1, 0.15) is 11.6 Å². The Morgan fingerprint density at radius 2 is 1.97 bits per heavy atom. The van der Waals surface area contributed by atoms with Crippen molar-refractivity contribution >= 4 is 29.0 Å². The molecule has 4 rings (SSSR count). The molecule has 6 nitrogen and oxygen atoms in total. The first-order chi connectivity index (χ1) is 14.5. The van der Waals surface area contributed by atoms with Crippen LogP contribution in [0.3, 0.4) is 0 Å². The molecule has 2 heterocycles. The number of carbonyl (C=O) groups is 1. The molecule has 1 amide bonds. The molecule has 2 aromatic carbocycles. The number of hydrogen-bond donors (Lipinski definition) is 1. The minimum absolute atomic E-state index is 0.173. The molecular formula is C22H20ClFN4O2. The number of rotatable bonds is 4. The lowest BCUT2D eigenvalue weighted by Gasteiger charge is -2.33. The van der Waals surface area contributed by atoms with Crippen molar-refractivity contribution in [3.63, 3.8) is 0 Å². The maximum atomic E-state index is 13.9. The topological polar surface area (TPSA) is 67.2 Å². The number of nitrogens with zero attached hydrogens (tertiary/aromatic N) is 3. The summed E-state index contributed by atoms with van der Waals surface area (Å²) in [6, 6.07) is 16.1. The van der Waals surface area contributed by atoms with E-state index in [1.807, 2.05) is 4.90 Å². The number of anilines is 2. The molecule has 1 N–H and O–H groups in total. The van der Waals surface area contributed by atoms with Gasteiger partial charge >= 0.3 is 0 Å². The predicted octanol–water partition coefficient (Wildman–Crippen LogP) is 3.88. The van der Waals surface area contributed by atoms with Gasteiger partial charge in [-0.1, -0.05) is 29.8 Å². The van der Waals surface area contributed by atoms with Crippen LogP contribution in [0.4, 0.5) is 15.9 Å². The summed E-state index contributed by atoms with van der Waals surface area (Å²) in [6.45, 7) is 1.14. The fraction of sp³-hybridized carbons (Fsp3) is 0.227. The van der Waals surface area contributed by atoms with E-state index in [4.69, 9.17) is 11.6 Å². The van der Waals surface area contributed by atoms with Crippen molar-refractivity contribution in [1.82, 2.24) is 9.78 Å². The lowest BCUT2D eigenvalue weighted by atomic mass is 9.97. The second kappa shape index (κ2) is 8.67. The van der Waals surface area contributed by atoms with E-state index in [9.17, 15) is 14.0 Å². The minimum atomic E-state index is -0.464. The van der Waals surface area contributed by atoms with Gasteiger partial charge in [0.15, 0.2) is 0 Å². The molecule has 3 aromatic rings. The monoisotopic (exact) mass is 426 g/mol. The summed E-state index contributed by atoms with van der Waals surface area (Å²) in [5.74, 6) is -0.411. The molecule has 0 bridgehead atoms. The third-order valence-electron chi connectivity index (χ3n) is 5.09. The average molecular weight is 427 g/mol. The summed E-state index contributed by atoms with van der Waals surface area (Å²) in [4.78, 5) is 27.0. The molecule has 8 heteroatoms. The van der Waals surface area contributed by atoms with Crippen molar-refractivity contribution in [1.29, 1.82) is 0 Å². The molecule has 30 heavy (non-hydrogen) atoms. The number of hydrogen-bond acceptors (Lipinski definition) is 4. The van der Waals surface area contributed by atoms with Crippen molar-refractivity contribution in [2.75, 3.05) is 23.3 Å². The highest BCUT2D eigenvalue weighted by molar-refractivity contribution is 6.30. The van der Waals surface area contributed by atoms with Crippen LogP contribution in [-0.2, 0) is 4.79 Å². The average Bonchev–Trinajstić information content (AvgIpc) is 2.76. The summed E-state index contributed by atoms with van der Waals surface area (Å²) >= 11 is 6.04. The minimum Gasteiger partial charge on any atom is -0.354 e. The zero-order valence-corrected chi connectivity index (χ0v) is 16.8. The third-order valence-corrected chi connectivity index (χ3v) is 5.32. The van der Waals surface area contributed by atoms with Crippen LogP contribution in [0, 0.1) is 11.7 Å². The Hall–Kier alpha value is -3.19. The second-order valence-electron chi connectivity index (χ2n) is 7.18. The number of piperidine rings is 1. The summed E-state index contributed by atoms with van der Waals surface area (Å²) in [6.07, 6.45) is 1.48. The maximum absolute atomic E-state index is 13.9. The second-order valence-corrected chi connectivity index (χ2v) is 7.61. The number of nitrogens with one attached hydrogen (secondary N) is 1. The highest BCUT2D eigenvalue weighted by atomic mass is 35.5. The maximum Gasteiger partial charge on any atom is 0.271 e. The van der Waals surface area contributed by atoms with Crippen molar-refractivity contribution in [3.05, 3.63) is 81.9 Å². The molecule has 0 radical (unpaired) electrons. The van der Waals surface area contributed by atoms with Crippen molar-refractivity contribution < 1.29 is 9.18 Å². The van der Waals surface area contributed by atoms with Crippen LogP contribution in [0.5, 0.6) is 0 Å². The number of para-hydroxylation sites is 1. The molecule has 1 atom stereocenters. The van der Waals surface area contributed by atoms with Crippen molar-refractivity contribution in [3.8, 4) is 5.69 Å². The first kappa shape index (κ1) is 20.1. The van der Waals surface area contributed by atoms with Crippen LogP contribution >= 0.6 is 11.6 Å². The van der Waals surface area contributed by atoms with Crippen LogP contribution in [0.1, 0.15) is 12.8 Å². The number of carbonyl (C=O) groups excluding carboxylic acids is 1. The Balaban J connectivity index is 1.53. The fourth-order valence-corrected chi connectivity index (χ4v) is 3.74. The van der Waals surface area contributed by atoms with Gasteiger partial charge in [-0.25, -0.2) is 4.39 Å². The van der Waals surface area contributed by atoms with E-state index < -0.39 is 5.82 Å². The van der Waals surface area contributed by atoms with Gasteiger partial charge in [0, 0.05) is 24.2 Å². The first-order valence-corrected chi connectivity index (χ1v) is 10.1. The lowest BCUT2D eigenvalue weighted by molar-refractivity contribution is -0.120. The van der Waals surface area contributed by atoms with Crippen molar-refractivity contribution in [2.45, 2.75) is 12.8 Å². The van der Waals surface area contributed by atoms with E-state index in [-0.39, 0.29) is 23.1 Å². The molecule has 1 aliphatic rings. The van der Waals surface area contributed by atoms with Gasteiger partial charge in [-0.3, -0.25) is 9.59 Å². The zero-order chi connectivity index (χ0) is 21.1. The summed E-state index contributed by atoms with van der Waals surface area (Å²) in [5.41, 5.74) is 0.472. The van der Waals surface area contributed by atoms with E-state index in [2.05, 4.69) is 10.4 Å². The van der Waals surface area contributed by atoms with Crippen LogP contribution < -0.4 is 15.8 Å². The normalized spacial score (nSPS) is 16.3. The highest BCUT2D eigenvalue weighted by Gasteiger charge is 2.27. The molecular weight excluding hydrogens is 407 g/mol. The first-order valence-electron chi connectivity index (χ1n) is 9.68. The third kappa shape index (κ3) is 4.36. The number of halogens is 2. The molecule has 0 spiro atoms. The lowest BCUT2D eigenvalue weighted by Crippen LogP contribution is -2.42. The van der Waals surface area contributed by atoms with Gasteiger partial charge in [-0.2, -0.15) is 4.68 Å². The van der Waals surface area contributed by atoms with E-state index in [1.54, 1.807) is 42.5 Å². The summed E-state index contributed by atoms with van der Waals surface area (Å²) in [7, 11) is 0. The van der Waals surface area contributed by atoms with Crippen LogP contribution in [0.2, 0.25) is 5.02 Å². The van der Waals surface area contributed by atoms with E-state index in [0.29, 0.717) is 36.0 Å². The molecule has 1 aromatic heterocycles. The number of aromatic nitrogens is 2. The quantitative estimate of drug-likeness (QED) is 0.687. The van der Waals surface area contributed by atoms with Gasteiger partial charge < -0.3 is 10.2 Å². The zero-order valence-electron chi connectivity index (χ0n) is 16.1. The molecule has 1 saturated heterocycles. The van der Waals surface area contributed by atoms with E-state index >= 15 is 0 Å². The Labute approximate surface area is 177 Å². The largest absolute Gasteiger partial charge is 0.354 e. The standard InChI is InChI=1S/C22H20ClFN4O2/c23-16-6-3-7-17(13-16)28-21(29)11-10-20(26-28)27-12-4-5-15(14-27)22(30)25-19-9-2-1-8-18(19)24/h1-3,6-11,13,15H,4-5,12,14H2,(H,25,30)/t15-/m0/s1. The Morgan fingerprint density at radius 1 is 1.13 bits per heavy atom. The highest BCUT2D eigenvalue weighted by Crippen LogP contribution is 2.23. The molecule has 1 aliphatic heterocycles. The van der Waals surface area contributed by atoms with Gasteiger partial charge in [-0.05, 0) is 49.2 Å². The smallest absolute Gasteiger partial charge is 0.271 e. The fourth-order valence-electron chi connectivity index (χ4n) is 3.56. The van der Waals surface area contributed by atoms with Crippen molar-refractivity contribution in [2.24, 2.45) is 5.92 Å². The molecule has 1 fully saturated rings. The predicted molar refractivity (Wildman–Crippen MR) is 115 cm³/mol. The van der Waals surface area contributed by atoms with Gasteiger partial charge in [0.2, 0.25) is 5.91 Å². The number of amides is 1. The Kier molecular flexibility index (Phi) is 5.81. The SMILES string of the molecule is O=C(Nc1ccccc1F)[C@H]1CCCN(c2ccc(=O)n(-c3cccc(Cl)c3)n2)C1. The summed E-state index contributed by atoms with van der Waals surface area (Å²) in [5, 5.41) is 7.66. The summed E-state index contributed by atoms with van der Waals surface area (Å²) < 4.78 is 15.1. The molecule has 0 saturated carbocycles. The van der Waals surface area contributed by atoms with Gasteiger partial charge in [0.25, 0.3) is 5.56 Å². The van der Waals surface area contributed by atoms with E-state index in [1.165, 1.54) is 22.9 Å². The molecule has 154 valence electrons. The van der Waals surface area contributed by atoms with E-state index in [0.717, 1.165) is 6.42 Å². The Morgan fingerprint density at radius 3 is 2.77 bits per heavy atom. The number of benzene rings is 2. The van der Waals surface area contributed by atoms with Crippen LogP contribution in [0.15, 0.2) is 65.5 Å². The van der Waals surface area contributed by atoms with Crippen LogP contribution in [-0.4, -0.2) is 28.8 Å². The van der Waals surface area contributed by atoms with Gasteiger partial charge in [0.05, 0.1) is 17.3 Å². The van der Waals surface area contributed by atoms with Gasteiger partial charge in [-0.15, -0.1) is 5.10 Å². The molecule has 0 unspecified atom stereocenters. The van der Waals surface area contributed by atoms with Crippen LogP contribution in [0.25, 0.3) is 5.69 Å². The molecule has 0 aliphatic carbocycles. The Bertz CT molecular complexity index is 1130.